The smallest absolute Gasteiger partial charge is 0.317 e. The predicted molar refractivity (Wildman–Crippen MR) is 100 cm³/mol. The highest BCUT2D eigenvalue weighted by molar-refractivity contribution is 6.35. The fourth-order valence-corrected chi connectivity index (χ4v) is 3.79. The zero-order chi connectivity index (χ0) is 18.5. The average Bonchev–Trinajstić information content (AvgIpc) is 2.67. The van der Waals surface area contributed by atoms with Gasteiger partial charge in [0, 0.05) is 48.7 Å². The third-order valence-electron chi connectivity index (χ3n) is 4.90. The average molecular weight is 400 g/mol. The Kier molecular flexibility index (Phi) is 6.62. The highest BCUT2D eigenvalue weighted by Gasteiger charge is 2.30. The number of carbonyl (C=O) groups is 2. The Bertz CT molecular complexity index is 657. The predicted octanol–water partition coefficient (Wildman–Crippen LogP) is 2.77. The number of hydrogen-bond donors (Lipinski definition) is 1. The maximum atomic E-state index is 12.5. The van der Waals surface area contributed by atoms with Crippen molar-refractivity contribution in [2.75, 3.05) is 39.4 Å². The van der Waals surface area contributed by atoms with Gasteiger partial charge in [0.1, 0.15) is 0 Å². The second kappa shape index (κ2) is 8.93. The first-order chi connectivity index (χ1) is 12.5. The molecule has 0 atom stereocenters. The molecule has 2 aliphatic rings. The summed E-state index contributed by atoms with van der Waals surface area (Å²) >= 11 is 12.0. The number of amides is 3. The lowest BCUT2D eigenvalue weighted by Gasteiger charge is -2.35. The van der Waals surface area contributed by atoms with E-state index in [4.69, 9.17) is 27.9 Å². The van der Waals surface area contributed by atoms with Crippen LogP contribution in [0.15, 0.2) is 18.2 Å². The maximum Gasteiger partial charge on any atom is 0.317 e. The molecule has 0 saturated carbocycles. The van der Waals surface area contributed by atoms with E-state index in [0.717, 1.165) is 5.56 Å². The van der Waals surface area contributed by atoms with Gasteiger partial charge in [-0.05, 0) is 30.5 Å². The topological polar surface area (TPSA) is 61.9 Å². The first-order valence-corrected chi connectivity index (χ1v) is 9.63. The van der Waals surface area contributed by atoms with E-state index >= 15 is 0 Å². The molecule has 0 aliphatic carbocycles. The molecule has 2 heterocycles. The van der Waals surface area contributed by atoms with Crippen LogP contribution in [0.4, 0.5) is 4.79 Å². The fraction of sp³-hybridized carbons (Fsp3) is 0.556. The quantitative estimate of drug-likeness (QED) is 0.849. The van der Waals surface area contributed by atoms with Gasteiger partial charge in [-0.1, -0.05) is 29.3 Å². The number of benzene rings is 1. The van der Waals surface area contributed by atoms with E-state index < -0.39 is 0 Å². The Labute approximate surface area is 163 Å². The van der Waals surface area contributed by atoms with E-state index in [-0.39, 0.29) is 17.9 Å². The number of carbonyl (C=O) groups excluding carboxylic acids is 2. The number of piperidine rings is 1. The number of nitrogens with one attached hydrogen (secondary N) is 1. The van der Waals surface area contributed by atoms with Gasteiger partial charge in [0.05, 0.1) is 13.2 Å². The molecule has 0 bridgehead atoms. The van der Waals surface area contributed by atoms with Gasteiger partial charge in [-0.2, -0.15) is 0 Å². The summed E-state index contributed by atoms with van der Waals surface area (Å²) in [5.41, 5.74) is 0.821. The normalized spacial score (nSPS) is 18.7. The number of halogens is 2. The van der Waals surface area contributed by atoms with Crippen LogP contribution in [0.1, 0.15) is 18.4 Å². The first-order valence-electron chi connectivity index (χ1n) is 8.88. The summed E-state index contributed by atoms with van der Waals surface area (Å²) in [6.45, 7) is 4.08. The second-order valence-corrected chi connectivity index (χ2v) is 7.44. The van der Waals surface area contributed by atoms with Crippen LogP contribution in [0.5, 0.6) is 0 Å². The van der Waals surface area contributed by atoms with Crippen LogP contribution in [0.3, 0.4) is 0 Å². The molecule has 1 aromatic rings. The highest BCUT2D eigenvalue weighted by Crippen LogP contribution is 2.22. The molecule has 0 aromatic heterocycles. The van der Waals surface area contributed by atoms with Crippen LogP contribution < -0.4 is 5.32 Å². The Morgan fingerprint density at radius 3 is 2.42 bits per heavy atom. The molecule has 142 valence electrons. The lowest BCUT2D eigenvalue weighted by Crippen LogP contribution is -2.49. The SMILES string of the molecule is O=C(NCc1ccc(Cl)cc1Cl)N1CCC(C(=O)N2CCOCC2)CC1. The van der Waals surface area contributed by atoms with Crippen LogP contribution in [0, 0.1) is 5.92 Å². The summed E-state index contributed by atoms with van der Waals surface area (Å²) < 4.78 is 5.29. The van der Waals surface area contributed by atoms with Crippen molar-refractivity contribution in [3.63, 3.8) is 0 Å². The van der Waals surface area contributed by atoms with Gasteiger partial charge in [-0.3, -0.25) is 4.79 Å². The van der Waals surface area contributed by atoms with Gasteiger partial charge < -0.3 is 19.9 Å². The highest BCUT2D eigenvalue weighted by atomic mass is 35.5. The minimum absolute atomic E-state index is 0.00265. The lowest BCUT2D eigenvalue weighted by atomic mass is 9.95. The van der Waals surface area contributed by atoms with Crippen LogP contribution in [-0.2, 0) is 16.1 Å². The summed E-state index contributed by atoms with van der Waals surface area (Å²) in [5.74, 6) is 0.198. The molecule has 2 fully saturated rings. The summed E-state index contributed by atoms with van der Waals surface area (Å²) in [6, 6.07) is 5.08. The molecule has 26 heavy (non-hydrogen) atoms. The van der Waals surface area contributed by atoms with Gasteiger partial charge in [0.15, 0.2) is 0 Å². The number of hydrogen-bond acceptors (Lipinski definition) is 3. The number of morpholine rings is 1. The Morgan fingerprint density at radius 2 is 1.77 bits per heavy atom. The molecule has 0 radical (unpaired) electrons. The molecule has 1 aromatic carbocycles. The van der Waals surface area contributed by atoms with Gasteiger partial charge in [-0.15, -0.1) is 0 Å². The Morgan fingerprint density at radius 1 is 1.08 bits per heavy atom. The minimum Gasteiger partial charge on any atom is -0.378 e. The number of rotatable bonds is 3. The molecule has 8 heteroatoms. The fourth-order valence-electron chi connectivity index (χ4n) is 3.32. The molecule has 0 unspecified atom stereocenters. The molecule has 6 nitrogen and oxygen atoms in total. The molecule has 3 rings (SSSR count). The minimum atomic E-state index is -0.131. The molecule has 1 N–H and O–H groups in total. The van der Waals surface area contributed by atoms with Crippen LogP contribution in [0.25, 0.3) is 0 Å². The largest absolute Gasteiger partial charge is 0.378 e. The molecular weight excluding hydrogens is 377 g/mol. The summed E-state index contributed by atoms with van der Waals surface area (Å²) in [4.78, 5) is 28.5. The third-order valence-corrected chi connectivity index (χ3v) is 5.49. The number of likely N-dealkylation sites (tertiary alicyclic amines) is 1. The van der Waals surface area contributed by atoms with Crippen LogP contribution in [0.2, 0.25) is 10.0 Å². The van der Waals surface area contributed by atoms with Gasteiger partial charge >= 0.3 is 6.03 Å². The third kappa shape index (κ3) is 4.81. The standard InChI is InChI=1S/C18H23Cl2N3O3/c19-15-2-1-14(16(20)11-15)12-21-18(25)23-5-3-13(4-6-23)17(24)22-7-9-26-10-8-22/h1-2,11,13H,3-10,12H2,(H,21,25). The first kappa shape index (κ1) is 19.3. The van der Waals surface area contributed by atoms with Gasteiger partial charge in [-0.25, -0.2) is 4.79 Å². The number of ether oxygens (including phenoxy) is 1. The van der Waals surface area contributed by atoms with E-state index in [1.807, 2.05) is 4.90 Å². The van der Waals surface area contributed by atoms with Crippen LogP contribution in [-0.4, -0.2) is 61.1 Å². The number of urea groups is 1. The zero-order valence-electron chi connectivity index (χ0n) is 14.5. The van der Waals surface area contributed by atoms with Crippen molar-refractivity contribution in [3.8, 4) is 0 Å². The van der Waals surface area contributed by atoms with Crippen molar-refractivity contribution in [1.29, 1.82) is 0 Å². The zero-order valence-corrected chi connectivity index (χ0v) is 16.1. The monoisotopic (exact) mass is 399 g/mol. The van der Waals surface area contributed by atoms with E-state index in [1.54, 1.807) is 23.1 Å². The van der Waals surface area contributed by atoms with Crippen molar-refractivity contribution in [1.82, 2.24) is 15.1 Å². The maximum absolute atomic E-state index is 12.5. The van der Waals surface area contributed by atoms with Crippen molar-refractivity contribution in [2.24, 2.45) is 5.92 Å². The van der Waals surface area contributed by atoms with Crippen molar-refractivity contribution < 1.29 is 14.3 Å². The lowest BCUT2D eigenvalue weighted by molar-refractivity contribution is -0.141. The second-order valence-electron chi connectivity index (χ2n) is 6.59. The van der Waals surface area contributed by atoms with Gasteiger partial charge in [0.2, 0.25) is 5.91 Å². The molecule has 2 aliphatic heterocycles. The van der Waals surface area contributed by atoms with Crippen molar-refractivity contribution >= 4 is 35.1 Å². The summed E-state index contributed by atoms with van der Waals surface area (Å²) in [5, 5.41) is 3.99. The molecule has 2 saturated heterocycles. The summed E-state index contributed by atoms with van der Waals surface area (Å²) in [7, 11) is 0. The molecule has 0 spiro atoms. The number of nitrogens with zero attached hydrogens (tertiary/aromatic N) is 2. The van der Waals surface area contributed by atoms with E-state index in [0.29, 0.717) is 68.8 Å². The van der Waals surface area contributed by atoms with E-state index in [9.17, 15) is 9.59 Å². The Balaban J connectivity index is 1.45. The van der Waals surface area contributed by atoms with E-state index in [2.05, 4.69) is 5.32 Å². The van der Waals surface area contributed by atoms with Gasteiger partial charge in [0.25, 0.3) is 0 Å². The van der Waals surface area contributed by atoms with Crippen molar-refractivity contribution in [3.05, 3.63) is 33.8 Å². The molecular formula is C18H23Cl2N3O3. The van der Waals surface area contributed by atoms with Crippen molar-refractivity contribution in [2.45, 2.75) is 19.4 Å². The van der Waals surface area contributed by atoms with E-state index in [1.165, 1.54) is 0 Å². The molecule has 3 amide bonds. The van der Waals surface area contributed by atoms with Crippen LogP contribution >= 0.6 is 23.2 Å². The Hall–Kier alpha value is -1.50. The summed E-state index contributed by atoms with van der Waals surface area (Å²) in [6.07, 6.45) is 1.40.